The molecule has 3 aromatic rings. The topological polar surface area (TPSA) is 74.5 Å². The van der Waals surface area contributed by atoms with E-state index in [-0.39, 0.29) is 18.1 Å². The molecular weight excluding hydrogens is 376 g/mol. The zero-order valence-corrected chi connectivity index (χ0v) is 15.4. The fourth-order valence-corrected chi connectivity index (χ4v) is 2.84. The van der Waals surface area contributed by atoms with E-state index in [1.165, 1.54) is 11.8 Å². The minimum absolute atomic E-state index is 0.0425. The molecule has 0 aliphatic carbocycles. The van der Waals surface area contributed by atoms with Gasteiger partial charge in [-0.1, -0.05) is 29.4 Å². The van der Waals surface area contributed by atoms with E-state index in [4.69, 9.17) is 25.5 Å². The van der Waals surface area contributed by atoms with Crippen LogP contribution in [0.4, 0.5) is 0 Å². The van der Waals surface area contributed by atoms with Gasteiger partial charge in [-0.05, 0) is 36.4 Å². The molecule has 0 fully saturated rings. The van der Waals surface area contributed by atoms with Crippen molar-refractivity contribution >= 4 is 29.1 Å². The average molecular weight is 391 g/mol. The zero-order valence-electron chi connectivity index (χ0n) is 13.8. The first-order valence-electron chi connectivity index (χ1n) is 7.65. The molecule has 1 heterocycles. The predicted molar refractivity (Wildman–Crippen MR) is 98.1 cm³/mol. The van der Waals surface area contributed by atoms with Gasteiger partial charge in [0.25, 0.3) is 11.1 Å². The molecule has 0 saturated carbocycles. The molecule has 26 heavy (non-hydrogen) atoms. The van der Waals surface area contributed by atoms with Crippen LogP contribution in [0.2, 0.25) is 5.02 Å². The van der Waals surface area contributed by atoms with Crippen molar-refractivity contribution in [3.8, 4) is 11.5 Å². The Labute approximate surface area is 159 Å². The van der Waals surface area contributed by atoms with Crippen LogP contribution in [-0.2, 0) is 6.61 Å². The number of hydrogen-bond donors (Lipinski definition) is 0. The smallest absolute Gasteiger partial charge is 0.277 e. The van der Waals surface area contributed by atoms with E-state index in [2.05, 4.69) is 10.2 Å². The number of rotatable bonds is 8. The van der Waals surface area contributed by atoms with Crippen LogP contribution in [0.25, 0.3) is 0 Å². The van der Waals surface area contributed by atoms with Crippen molar-refractivity contribution in [2.24, 2.45) is 0 Å². The zero-order chi connectivity index (χ0) is 18.4. The summed E-state index contributed by atoms with van der Waals surface area (Å²) in [7, 11) is 1.59. The Morgan fingerprint density at radius 3 is 2.69 bits per heavy atom. The van der Waals surface area contributed by atoms with Gasteiger partial charge in [0.2, 0.25) is 0 Å². The van der Waals surface area contributed by atoms with E-state index in [9.17, 15) is 4.79 Å². The molecule has 8 heteroatoms. The molecule has 134 valence electrons. The van der Waals surface area contributed by atoms with Crippen LogP contribution in [0.1, 0.15) is 16.2 Å². The summed E-state index contributed by atoms with van der Waals surface area (Å²) in [6.07, 6.45) is 0. The third kappa shape index (κ3) is 5.00. The standard InChI is InChI=1S/C18H15ClN2O4S/c1-23-14-3-2-4-15(9-14)24-10-17-20-21-18(25-17)26-11-16(22)12-5-7-13(19)8-6-12/h2-9H,10-11H2,1H3. The molecule has 1 aromatic heterocycles. The van der Waals surface area contributed by atoms with Crippen LogP contribution in [0.3, 0.4) is 0 Å². The lowest BCUT2D eigenvalue weighted by Crippen LogP contribution is -2.01. The lowest BCUT2D eigenvalue weighted by atomic mass is 10.1. The predicted octanol–water partition coefficient (Wildman–Crippen LogP) is 4.29. The molecule has 6 nitrogen and oxygen atoms in total. The summed E-state index contributed by atoms with van der Waals surface area (Å²) in [6, 6.07) is 14.0. The maximum atomic E-state index is 12.1. The molecule has 0 unspecified atom stereocenters. The van der Waals surface area contributed by atoms with E-state index in [1.807, 2.05) is 12.1 Å². The number of ketones is 1. The summed E-state index contributed by atoms with van der Waals surface area (Å²) in [5.74, 6) is 1.81. The van der Waals surface area contributed by atoms with Crippen molar-refractivity contribution in [2.45, 2.75) is 11.8 Å². The SMILES string of the molecule is COc1cccc(OCc2nnc(SCC(=O)c3ccc(Cl)cc3)o2)c1. The molecule has 0 radical (unpaired) electrons. The Kier molecular flexibility index (Phi) is 6.14. The molecule has 0 saturated heterocycles. The average Bonchev–Trinajstić information content (AvgIpc) is 3.13. The van der Waals surface area contributed by atoms with Crippen molar-refractivity contribution in [3.63, 3.8) is 0 Å². The number of halogens is 1. The highest BCUT2D eigenvalue weighted by atomic mass is 35.5. The second-order valence-corrected chi connectivity index (χ2v) is 6.51. The molecule has 3 rings (SSSR count). The number of nitrogens with zero attached hydrogens (tertiary/aromatic N) is 2. The fraction of sp³-hybridized carbons (Fsp3) is 0.167. The second kappa shape index (κ2) is 8.73. The van der Waals surface area contributed by atoms with Gasteiger partial charge in [-0.15, -0.1) is 10.2 Å². The van der Waals surface area contributed by atoms with Crippen LogP contribution in [0.5, 0.6) is 11.5 Å². The number of ether oxygens (including phenoxy) is 2. The van der Waals surface area contributed by atoms with Crippen molar-refractivity contribution < 1.29 is 18.7 Å². The molecule has 0 atom stereocenters. The number of carbonyl (C=O) groups is 1. The molecule has 0 aliphatic rings. The number of hydrogen-bond acceptors (Lipinski definition) is 7. The van der Waals surface area contributed by atoms with Crippen molar-refractivity contribution in [1.29, 1.82) is 0 Å². The van der Waals surface area contributed by atoms with Crippen LogP contribution in [0, 0.1) is 0 Å². The number of benzene rings is 2. The number of methoxy groups -OCH3 is 1. The Morgan fingerprint density at radius 2 is 1.92 bits per heavy atom. The van der Waals surface area contributed by atoms with Gasteiger partial charge in [0.05, 0.1) is 12.9 Å². The van der Waals surface area contributed by atoms with Crippen molar-refractivity contribution in [3.05, 3.63) is 65.0 Å². The summed E-state index contributed by atoms with van der Waals surface area (Å²) in [5, 5.41) is 8.73. The van der Waals surface area contributed by atoms with Gasteiger partial charge in [0.15, 0.2) is 12.4 Å². The Bertz CT molecular complexity index is 883. The van der Waals surface area contributed by atoms with Crippen molar-refractivity contribution in [1.82, 2.24) is 10.2 Å². The number of aromatic nitrogens is 2. The molecular formula is C18H15ClN2O4S. The Morgan fingerprint density at radius 1 is 1.15 bits per heavy atom. The first kappa shape index (κ1) is 18.3. The molecule has 0 amide bonds. The Balaban J connectivity index is 1.51. The van der Waals surface area contributed by atoms with E-state index < -0.39 is 0 Å². The lowest BCUT2D eigenvalue weighted by Gasteiger charge is -2.05. The molecule has 0 bridgehead atoms. The number of thioether (sulfide) groups is 1. The van der Waals surface area contributed by atoms with E-state index >= 15 is 0 Å². The maximum Gasteiger partial charge on any atom is 0.277 e. The molecule has 0 spiro atoms. The van der Waals surface area contributed by atoms with Crippen LogP contribution >= 0.6 is 23.4 Å². The number of Topliss-reactive ketones (excluding diaryl/α,β-unsaturated/α-hetero) is 1. The lowest BCUT2D eigenvalue weighted by molar-refractivity contribution is 0.102. The summed E-state index contributed by atoms with van der Waals surface area (Å²) >= 11 is 6.99. The summed E-state index contributed by atoms with van der Waals surface area (Å²) < 4.78 is 16.2. The molecule has 2 aromatic carbocycles. The summed E-state index contributed by atoms with van der Waals surface area (Å²) in [6.45, 7) is 0.131. The van der Waals surface area contributed by atoms with Crippen LogP contribution in [-0.4, -0.2) is 28.8 Å². The normalized spacial score (nSPS) is 10.5. The quantitative estimate of drug-likeness (QED) is 0.419. The summed E-state index contributed by atoms with van der Waals surface area (Å²) in [4.78, 5) is 12.1. The third-order valence-corrected chi connectivity index (χ3v) is 4.42. The molecule has 0 N–H and O–H groups in total. The first-order valence-corrected chi connectivity index (χ1v) is 9.01. The van der Waals surface area contributed by atoms with Gasteiger partial charge >= 0.3 is 0 Å². The van der Waals surface area contributed by atoms with Gasteiger partial charge in [0.1, 0.15) is 11.5 Å². The summed E-state index contributed by atoms with van der Waals surface area (Å²) in [5.41, 5.74) is 0.586. The highest BCUT2D eigenvalue weighted by Crippen LogP contribution is 2.22. The third-order valence-electron chi connectivity index (χ3n) is 3.34. The largest absolute Gasteiger partial charge is 0.497 e. The van der Waals surface area contributed by atoms with E-state index in [0.717, 1.165) is 0 Å². The monoisotopic (exact) mass is 390 g/mol. The van der Waals surface area contributed by atoms with Gasteiger partial charge in [-0.2, -0.15) is 0 Å². The van der Waals surface area contributed by atoms with Gasteiger partial charge in [-0.25, -0.2) is 0 Å². The van der Waals surface area contributed by atoms with Gasteiger partial charge in [0, 0.05) is 16.7 Å². The molecule has 0 aliphatic heterocycles. The highest BCUT2D eigenvalue weighted by Gasteiger charge is 2.12. The Hall–Kier alpha value is -2.51. The van der Waals surface area contributed by atoms with Crippen molar-refractivity contribution in [2.75, 3.05) is 12.9 Å². The second-order valence-electron chi connectivity index (χ2n) is 5.15. The van der Waals surface area contributed by atoms with Gasteiger partial charge in [-0.3, -0.25) is 4.79 Å². The van der Waals surface area contributed by atoms with E-state index in [1.54, 1.807) is 43.5 Å². The maximum absolute atomic E-state index is 12.1. The number of carbonyl (C=O) groups excluding carboxylic acids is 1. The fourth-order valence-electron chi connectivity index (χ4n) is 2.04. The van der Waals surface area contributed by atoms with Crippen LogP contribution in [0.15, 0.2) is 58.2 Å². The highest BCUT2D eigenvalue weighted by molar-refractivity contribution is 7.99. The first-order chi connectivity index (χ1) is 12.6. The minimum Gasteiger partial charge on any atom is -0.497 e. The minimum atomic E-state index is -0.0425. The van der Waals surface area contributed by atoms with Crippen LogP contribution < -0.4 is 9.47 Å². The van der Waals surface area contributed by atoms with E-state index in [0.29, 0.717) is 33.2 Å². The van der Waals surface area contributed by atoms with Gasteiger partial charge < -0.3 is 13.9 Å².